The van der Waals surface area contributed by atoms with Crippen LogP contribution in [0.4, 0.5) is 5.69 Å². The lowest BCUT2D eigenvalue weighted by Crippen LogP contribution is -2.50. The topological polar surface area (TPSA) is 58.7 Å². The summed E-state index contributed by atoms with van der Waals surface area (Å²) >= 11 is 12.7. The molecule has 0 unspecified atom stereocenters. The molecule has 6 heteroatoms. The maximum Gasteiger partial charge on any atom is 0.0704 e. The van der Waals surface area contributed by atoms with Gasteiger partial charge in [-0.2, -0.15) is 0 Å². The molecule has 3 N–H and O–H groups in total. The molecular formula is C23H28Cl2N2O2. The Hall–Kier alpha value is -1.30. The highest BCUT2D eigenvalue weighted by atomic mass is 35.5. The molecule has 0 saturated carbocycles. The number of halogens is 2. The highest BCUT2D eigenvalue weighted by Crippen LogP contribution is 2.43. The molecule has 0 aliphatic carbocycles. The number of anilines is 1. The van der Waals surface area contributed by atoms with Gasteiger partial charge in [0.1, 0.15) is 0 Å². The Bertz CT molecular complexity index is 910. The third-order valence-electron chi connectivity index (χ3n) is 6.78. The fourth-order valence-corrected chi connectivity index (χ4v) is 5.23. The van der Waals surface area contributed by atoms with Gasteiger partial charge in [0.2, 0.25) is 0 Å². The average Bonchev–Trinajstić information content (AvgIpc) is 2.99. The van der Waals surface area contributed by atoms with Gasteiger partial charge in [0.25, 0.3) is 0 Å². The van der Waals surface area contributed by atoms with Crippen LogP contribution in [0.3, 0.4) is 0 Å². The second-order valence-corrected chi connectivity index (χ2v) is 9.23. The molecule has 2 aliphatic rings. The molecular weight excluding hydrogens is 407 g/mol. The van der Waals surface area contributed by atoms with Crippen molar-refractivity contribution in [3.05, 3.63) is 51.5 Å². The molecule has 0 aromatic heterocycles. The Morgan fingerprint density at radius 1 is 1.21 bits per heavy atom. The first-order valence-electron chi connectivity index (χ1n) is 10.2. The van der Waals surface area contributed by atoms with Crippen molar-refractivity contribution in [3.63, 3.8) is 0 Å². The molecule has 2 atom stereocenters. The number of nitrogens with zero attached hydrogens (tertiary/aromatic N) is 1. The summed E-state index contributed by atoms with van der Waals surface area (Å²) in [5.41, 5.74) is 11.5. The summed E-state index contributed by atoms with van der Waals surface area (Å²) in [6.07, 6.45) is 2.13. The highest BCUT2D eigenvalue weighted by molar-refractivity contribution is 6.43. The number of rotatable bonds is 3. The van der Waals surface area contributed by atoms with Crippen LogP contribution in [0.15, 0.2) is 30.3 Å². The van der Waals surface area contributed by atoms with Crippen LogP contribution in [-0.4, -0.2) is 36.9 Å². The molecule has 2 aliphatic heterocycles. The van der Waals surface area contributed by atoms with Gasteiger partial charge in [-0.25, -0.2) is 0 Å². The van der Waals surface area contributed by atoms with Crippen molar-refractivity contribution in [2.45, 2.75) is 45.4 Å². The smallest absolute Gasteiger partial charge is 0.0704 e. The van der Waals surface area contributed by atoms with Crippen molar-refractivity contribution in [2.75, 3.05) is 24.6 Å². The summed E-state index contributed by atoms with van der Waals surface area (Å²) in [5.74, 6) is 0. The lowest BCUT2D eigenvalue weighted by molar-refractivity contribution is 0.0974. The zero-order valence-electron chi connectivity index (χ0n) is 16.9. The quantitative estimate of drug-likeness (QED) is 0.728. The summed E-state index contributed by atoms with van der Waals surface area (Å²) in [5, 5.41) is 11.2. The molecule has 2 aromatic rings. The third kappa shape index (κ3) is 3.66. The Balaban J connectivity index is 1.63. The first-order chi connectivity index (χ1) is 13.9. The van der Waals surface area contributed by atoms with Crippen molar-refractivity contribution < 1.29 is 9.84 Å². The molecule has 2 saturated heterocycles. The van der Waals surface area contributed by atoms with Gasteiger partial charge in [-0.3, -0.25) is 0 Å². The number of nitrogens with two attached hydrogens (primary N) is 1. The fourth-order valence-electron chi connectivity index (χ4n) is 4.83. The van der Waals surface area contributed by atoms with Gasteiger partial charge in [0.05, 0.1) is 29.4 Å². The van der Waals surface area contributed by atoms with E-state index in [9.17, 15) is 5.11 Å². The number of benzene rings is 2. The Labute approximate surface area is 182 Å². The first kappa shape index (κ1) is 21.0. The second-order valence-electron chi connectivity index (χ2n) is 8.45. The Kier molecular flexibility index (Phi) is 5.84. The van der Waals surface area contributed by atoms with Crippen LogP contribution in [0.25, 0.3) is 11.1 Å². The number of aryl methyl sites for hydroxylation is 1. The lowest BCUT2D eigenvalue weighted by atomic mass is 9.73. The number of hydrogen-bond acceptors (Lipinski definition) is 4. The number of hydrogen-bond donors (Lipinski definition) is 2. The van der Waals surface area contributed by atoms with E-state index < -0.39 is 0 Å². The average molecular weight is 435 g/mol. The molecule has 4 rings (SSSR count). The Morgan fingerprint density at radius 3 is 2.55 bits per heavy atom. The van der Waals surface area contributed by atoms with Crippen molar-refractivity contribution in [1.29, 1.82) is 0 Å². The highest BCUT2D eigenvalue weighted by Gasteiger charge is 2.47. The van der Waals surface area contributed by atoms with Crippen molar-refractivity contribution in [3.8, 4) is 11.1 Å². The lowest BCUT2D eigenvalue weighted by Gasteiger charge is -2.42. The summed E-state index contributed by atoms with van der Waals surface area (Å²) in [6.45, 7) is 6.69. The standard InChI is InChI=1S/C23H28Cl2N2O2/c1-14-10-20(27-8-6-23(7-9-27)13-29-15(2)22(23)26)16(12-28)11-18(14)17-4-3-5-19(24)21(17)25/h3-5,10-11,15,22,28H,6-9,12-13,26H2,1-2H3/t15-,22+/m0/s1. The van der Waals surface area contributed by atoms with E-state index in [4.69, 9.17) is 33.7 Å². The Morgan fingerprint density at radius 2 is 1.93 bits per heavy atom. The van der Waals surface area contributed by atoms with E-state index in [2.05, 4.69) is 24.8 Å². The van der Waals surface area contributed by atoms with Crippen LogP contribution in [-0.2, 0) is 11.3 Å². The summed E-state index contributed by atoms with van der Waals surface area (Å²) in [4.78, 5) is 2.36. The maximum absolute atomic E-state index is 10.1. The van der Waals surface area contributed by atoms with E-state index in [-0.39, 0.29) is 24.2 Å². The molecule has 2 aromatic carbocycles. The molecule has 4 nitrogen and oxygen atoms in total. The monoisotopic (exact) mass is 434 g/mol. The molecule has 29 heavy (non-hydrogen) atoms. The van der Waals surface area contributed by atoms with Gasteiger partial charge in [0, 0.05) is 41.4 Å². The molecule has 1 spiro atoms. The molecule has 0 bridgehead atoms. The molecule has 156 valence electrons. The second kappa shape index (κ2) is 8.09. The SMILES string of the molecule is Cc1cc(N2CCC3(CC2)CO[C@@H](C)[C@H]3N)c(CO)cc1-c1cccc(Cl)c1Cl. The minimum atomic E-state index is -0.0257. The summed E-state index contributed by atoms with van der Waals surface area (Å²) in [6, 6.07) is 9.93. The predicted molar refractivity (Wildman–Crippen MR) is 120 cm³/mol. The molecule has 2 heterocycles. The van der Waals surface area contributed by atoms with Gasteiger partial charge >= 0.3 is 0 Å². The minimum absolute atomic E-state index is 0.0257. The van der Waals surface area contributed by atoms with Gasteiger partial charge in [-0.1, -0.05) is 35.3 Å². The first-order valence-corrected chi connectivity index (χ1v) is 10.9. The van der Waals surface area contributed by atoms with E-state index in [0.717, 1.165) is 60.5 Å². The van der Waals surface area contributed by atoms with Gasteiger partial charge in [-0.15, -0.1) is 0 Å². The zero-order chi connectivity index (χ0) is 20.8. The normalized spacial score (nSPS) is 23.7. The van der Waals surface area contributed by atoms with Crippen LogP contribution >= 0.6 is 23.2 Å². The van der Waals surface area contributed by atoms with Crippen molar-refractivity contribution in [2.24, 2.45) is 11.1 Å². The van der Waals surface area contributed by atoms with E-state index in [1.165, 1.54) is 0 Å². The number of ether oxygens (including phenoxy) is 1. The molecule has 0 amide bonds. The molecule has 0 radical (unpaired) electrons. The zero-order valence-corrected chi connectivity index (χ0v) is 18.4. The maximum atomic E-state index is 10.1. The van der Waals surface area contributed by atoms with Crippen LogP contribution in [0.1, 0.15) is 30.9 Å². The van der Waals surface area contributed by atoms with E-state index in [1.54, 1.807) is 6.07 Å². The van der Waals surface area contributed by atoms with Crippen LogP contribution in [0.2, 0.25) is 10.0 Å². The number of piperidine rings is 1. The van der Waals surface area contributed by atoms with Crippen molar-refractivity contribution >= 4 is 28.9 Å². The summed E-state index contributed by atoms with van der Waals surface area (Å²) < 4.78 is 5.84. The van der Waals surface area contributed by atoms with Crippen molar-refractivity contribution in [1.82, 2.24) is 0 Å². The summed E-state index contributed by atoms with van der Waals surface area (Å²) in [7, 11) is 0. The third-order valence-corrected chi connectivity index (χ3v) is 7.60. The largest absolute Gasteiger partial charge is 0.392 e. The van der Waals surface area contributed by atoms with E-state index in [1.807, 2.05) is 18.2 Å². The van der Waals surface area contributed by atoms with Gasteiger partial charge < -0.3 is 20.5 Å². The van der Waals surface area contributed by atoms with Gasteiger partial charge in [0.15, 0.2) is 0 Å². The predicted octanol–water partition coefficient (Wildman–Crippen LogP) is 4.79. The number of aliphatic hydroxyl groups is 1. The number of aliphatic hydroxyl groups excluding tert-OH is 1. The van der Waals surface area contributed by atoms with Crippen LogP contribution in [0, 0.1) is 12.3 Å². The van der Waals surface area contributed by atoms with Crippen LogP contribution < -0.4 is 10.6 Å². The van der Waals surface area contributed by atoms with E-state index >= 15 is 0 Å². The van der Waals surface area contributed by atoms with E-state index in [0.29, 0.717) is 10.0 Å². The fraction of sp³-hybridized carbons (Fsp3) is 0.478. The molecule has 2 fully saturated rings. The van der Waals surface area contributed by atoms with Crippen LogP contribution in [0.5, 0.6) is 0 Å². The van der Waals surface area contributed by atoms with Gasteiger partial charge in [-0.05, 0) is 56.0 Å². The minimum Gasteiger partial charge on any atom is -0.392 e.